The van der Waals surface area contributed by atoms with Crippen molar-refractivity contribution in [3.05, 3.63) is 0 Å². The molecule has 2 saturated carbocycles. The maximum Gasteiger partial charge on any atom is 0.0124 e. The van der Waals surface area contributed by atoms with Crippen LogP contribution in [0.5, 0.6) is 0 Å². The molecule has 2 rings (SSSR count). The minimum Gasteiger partial charge on any atom is -0.313 e. The van der Waals surface area contributed by atoms with E-state index in [9.17, 15) is 0 Å². The lowest BCUT2D eigenvalue weighted by atomic mass is 10.0. The van der Waals surface area contributed by atoms with Crippen LogP contribution in [0.2, 0.25) is 0 Å². The highest BCUT2D eigenvalue weighted by Gasteiger charge is 2.40. The van der Waals surface area contributed by atoms with Crippen molar-refractivity contribution in [1.82, 2.24) is 5.32 Å². The van der Waals surface area contributed by atoms with E-state index in [2.05, 4.69) is 12.2 Å². The van der Waals surface area contributed by atoms with Gasteiger partial charge in [-0.05, 0) is 50.5 Å². The molecule has 0 aromatic carbocycles. The van der Waals surface area contributed by atoms with Gasteiger partial charge in [0.2, 0.25) is 0 Å². The quantitative estimate of drug-likeness (QED) is 0.655. The fourth-order valence-corrected chi connectivity index (χ4v) is 2.89. The van der Waals surface area contributed by atoms with Gasteiger partial charge in [0, 0.05) is 6.04 Å². The normalized spacial score (nSPS) is 41.7. The van der Waals surface area contributed by atoms with Crippen molar-refractivity contribution in [2.45, 2.75) is 45.1 Å². The minimum atomic E-state index is 0.912. The summed E-state index contributed by atoms with van der Waals surface area (Å²) in [6, 6.07) is 0.912. The average molecular weight is 153 g/mol. The standard InChI is InChI=1S/C10H19N/c1-2-7-11-10-8-3-4-9(10)6-5-8/h8-11H,2-7H2,1H3. The molecular weight excluding hydrogens is 134 g/mol. The Morgan fingerprint density at radius 3 is 2.09 bits per heavy atom. The predicted octanol–water partition coefficient (Wildman–Crippen LogP) is 2.17. The summed E-state index contributed by atoms with van der Waals surface area (Å²) in [6.45, 7) is 3.49. The van der Waals surface area contributed by atoms with Crippen molar-refractivity contribution < 1.29 is 0 Å². The van der Waals surface area contributed by atoms with Crippen LogP contribution in [0.4, 0.5) is 0 Å². The van der Waals surface area contributed by atoms with E-state index in [4.69, 9.17) is 0 Å². The van der Waals surface area contributed by atoms with E-state index in [1.165, 1.54) is 38.6 Å². The molecule has 2 bridgehead atoms. The predicted molar refractivity (Wildman–Crippen MR) is 47.5 cm³/mol. The van der Waals surface area contributed by atoms with Crippen LogP contribution in [0.15, 0.2) is 0 Å². The topological polar surface area (TPSA) is 12.0 Å². The van der Waals surface area contributed by atoms with Gasteiger partial charge in [-0.15, -0.1) is 0 Å². The Labute approximate surface area is 69.6 Å². The lowest BCUT2D eigenvalue weighted by Crippen LogP contribution is -2.33. The summed E-state index contributed by atoms with van der Waals surface area (Å²) in [6.07, 6.45) is 7.31. The lowest BCUT2D eigenvalue weighted by molar-refractivity contribution is 0.418. The lowest BCUT2D eigenvalue weighted by Gasteiger charge is -2.16. The molecule has 0 aromatic rings. The summed E-state index contributed by atoms with van der Waals surface area (Å²) in [5.74, 6) is 2.10. The van der Waals surface area contributed by atoms with Crippen LogP contribution in [-0.4, -0.2) is 12.6 Å². The van der Waals surface area contributed by atoms with Crippen LogP contribution >= 0.6 is 0 Å². The SMILES string of the molecule is CCCNC1C2CCC1CC2. The van der Waals surface area contributed by atoms with E-state index in [-0.39, 0.29) is 0 Å². The highest BCUT2D eigenvalue weighted by molar-refractivity contribution is 4.96. The molecular formula is C10H19N. The van der Waals surface area contributed by atoms with Crippen LogP contribution in [0.3, 0.4) is 0 Å². The van der Waals surface area contributed by atoms with Gasteiger partial charge in [0.1, 0.15) is 0 Å². The molecule has 0 heterocycles. The maximum absolute atomic E-state index is 3.69. The van der Waals surface area contributed by atoms with Crippen molar-refractivity contribution in [2.75, 3.05) is 6.54 Å². The Hall–Kier alpha value is -0.0400. The first kappa shape index (κ1) is 7.60. The van der Waals surface area contributed by atoms with Crippen LogP contribution in [0.25, 0.3) is 0 Å². The van der Waals surface area contributed by atoms with Gasteiger partial charge in [-0.3, -0.25) is 0 Å². The first-order valence-electron chi connectivity index (χ1n) is 5.15. The number of fused-ring (bicyclic) bond motifs is 2. The largest absolute Gasteiger partial charge is 0.313 e. The Morgan fingerprint density at radius 2 is 1.64 bits per heavy atom. The molecule has 64 valence electrons. The molecule has 0 radical (unpaired) electrons. The molecule has 0 aliphatic heterocycles. The van der Waals surface area contributed by atoms with Gasteiger partial charge in [0.25, 0.3) is 0 Å². The van der Waals surface area contributed by atoms with E-state index in [0.29, 0.717) is 0 Å². The number of hydrogen-bond donors (Lipinski definition) is 1. The Kier molecular flexibility index (Phi) is 2.17. The first-order chi connectivity index (χ1) is 5.42. The zero-order valence-electron chi connectivity index (χ0n) is 7.47. The highest BCUT2D eigenvalue weighted by Crippen LogP contribution is 2.44. The molecule has 2 fully saturated rings. The molecule has 0 spiro atoms. The molecule has 0 aromatic heterocycles. The summed E-state index contributed by atoms with van der Waals surface area (Å²) in [5, 5.41) is 3.69. The molecule has 0 saturated heterocycles. The highest BCUT2D eigenvalue weighted by atomic mass is 14.9. The van der Waals surface area contributed by atoms with Crippen LogP contribution < -0.4 is 5.32 Å². The fourth-order valence-electron chi connectivity index (χ4n) is 2.89. The first-order valence-corrected chi connectivity index (χ1v) is 5.15. The Bertz CT molecular complexity index is 113. The summed E-state index contributed by atoms with van der Waals surface area (Å²) in [5.41, 5.74) is 0. The van der Waals surface area contributed by atoms with Crippen LogP contribution in [-0.2, 0) is 0 Å². The monoisotopic (exact) mass is 153 g/mol. The molecule has 1 heteroatoms. The number of rotatable bonds is 3. The number of hydrogen-bond acceptors (Lipinski definition) is 1. The van der Waals surface area contributed by atoms with Gasteiger partial charge in [-0.2, -0.15) is 0 Å². The minimum absolute atomic E-state index is 0.912. The second-order valence-electron chi connectivity index (χ2n) is 4.15. The van der Waals surface area contributed by atoms with Gasteiger partial charge in [0.15, 0.2) is 0 Å². The van der Waals surface area contributed by atoms with E-state index in [1.807, 2.05) is 0 Å². The van der Waals surface area contributed by atoms with Crippen molar-refractivity contribution in [1.29, 1.82) is 0 Å². The second-order valence-corrected chi connectivity index (χ2v) is 4.15. The number of nitrogens with one attached hydrogen (secondary N) is 1. The zero-order chi connectivity index (χ0) is 7.68. The van der Waals surface area contributed by atoms with Gasteiger partial charge < -0.3 is 5.32 Å². The Morgan fingerprint density at radius 1 is 1.09 bits per heavy atom. The third-order valence-corrected chi connectivity index (χ3v) is 3.46. The summed E-state index contributed by atoms with van der Waals surface area (Å²) in [7, 11) is 0. The van der Waals surface area contributed by atoms with Crippen LogP contribution in [0, 0.1) is 11.8 Å². The molecule has 2 aliphatic rings. The smallest absolute Gasteiger partial charge is 0.0124 e. The van der Waals surface area contributed by atoms with Gasteiger partial charge in [-0.25, -0.2) is 0 Å². The van der Waals surface area contributed by atoms with E-state index >= 15 is 0 Å². The van der Waals surface area contributed by atoms with Gasteiger partial charge in [0.05, 0.1) is 0 Å². The van der Waals surface area contributed by atoms with E-state index in [0.717, 1.165) is 17.9 Å². The zero-order valence-corrected chi connectivity index (χ0v) is 7.47. The molecule has 0 amide bonds. The molecule has 2 aliphatic carbocycles. The molecule has 1 nitrogen and oxygen atoms in total. The second kappa shape index (κ2) is 3.14. The van der Waals surface area contributed by atoms with Crippen molar-refractivity contribution >= 4 is 0 Å². The summed E-state index contributed by atoms with van der Waals surface area (Å²) in [4.78, 5) is 0. The van der Waals surface area contributed by atoms with E-state index in [1.54, 1.807) is 0 Å². The third kappa shape index (κ3) is 1.31. The third-order valence-electron chi connectivity index (χ3n) is 3.46. The van der Waals surface area contributed by atoms with Crippen molar-refractivity contribution in [3.8, 4) is 0 Å². The summed E-state index contributed by atoms with van der Waals surface area (Å²) >= 11 is 0. The van der Waals surface area contributed by atoms with E-state index < -0.39 is 0 Å². The van der Waals surface area contributed by atoms with Gasteiger partial charge in [-0.1, -0.05) is 6.92 Å². The van der Waals surface area contributed by atoms with Crippen molar-refractivity contribution in [3.63, 3.8) is 0 Å². The maximum atomic E-state index is 3.69. The van der Waals surface area contributed by atoms with Crippen molar-refractivity contribution in [2.24, 2.45) is 11.8 Å². The molecule has 11 heavy (non-hydrogen) atoms. The summed E-state index contributed by atoms with van der Waals surface area (Å²) < 4.78 is 0. The Balaban J connectivity index is 1.84. The van der Waals surface area contributed by atoms with Gasteiger partial charge >= 0.3 is 0 Å². The van der Waals surface area contributed by atoms with Crippen LogP contribution in [0.1, 0.15) is 39.0 Å². The molecule has 0 atom stereocenters. The average Bonchev–Trinajstić information content (AvgIpc) is 2.59. The fraction of sp³-hybridized carbons (Fsp3) is 1.00. The molecule has 0 unspecified atom stereocenters. The molecule has 1 N–H and O–H groups in total.